The Balaban J connectivity index is 1.77. The maximum Gasteiger partial charge on any atom is 0.317 e. The summed E-state index contributed by atoms with van der Waals surface area (Å²) in [6, 6.07) is 6.03. The molecule has 0 saturated carbocycles. The van der Waals surface area contributed by atoms with Gasteiger partial charge in [0.1, 0.15) is 12.0 Å². The van der Waals surface area contributed by atoms with Crippen molar-refractivity contribution in [3.8, 4) is 0 Å². The topological polar surface area (TPSA) is 50.4 Å². The molecule has 0 aromatic heterocycles. The Morgan fingerprint density at radius 1 is 1.47 bits per heavy atom. The predicted octanol–water partition coefficient (Wildman–Crippen LogP) is 1.76. The number of nitrogens with one attached hydrogen (secondary N) is 2. The largest absolute Gasteiger partial charge is 0.358 e. The molecule has 1 aromatic rings. The van der Waals surface area contributed by atoms with E-state index in [-0.39, 0.29) is 24.6 Å². The van der Waals surface area contributed by atoms with Gasteiger partial charge in [0, 0.05) is 18.7 Å². The van der Waals surface area contributed by atoms with Crippen molar-refractivity contribution >= 4 is 6.03 Å². The lowest BCUT2D eigenvalue weighted by Crippen LogP contribution is -2.41. The van der Waals surface area contributed by atoms with E-state index < -0.39 is 0 Å². The molecule has 0 spiro atoms. The van der Waals surface area contributed by atoms with Crippen LogP contribution in [-0.2, 0) is 11.3 Å². The molecule has 4 nitrogen and oxygen atoms in total. The van der Waals surface area contributed by atoms with Crippen molar-refractivity contribution in [1.29, 1.82) is 0 Å². The van der Waals surface area contributed by atoms with Gasteiger partial charge in [-0.25, -0.2) is 9.18 Å². The SMILES string of the molecule is O=C(NCc1ccccc1F)NC1CCCO1. The van der Waals surface area contributed by atoms with E-state index in [4.69, 9.17) is 4.74 Å². The third-order valence-electron chi connectivity index (χ3n) is 2.62. The van der Waals surface area contributed by atoms with Gasteiger partial charge in [-0.1, -0.05) is 18.2 Å². The fraction of sp³-hybridized carbons (Fsp3) is 0.417. The first-order valence-corrected chi connectivity index (χ1v) is 5.65. The second-order valence-electron chi connectivity index (χ2n) is 3.92. The summed E-state index contributed by atoms with van der Waals surface area (Å²) in [6.07, 6.45) is 1.57. The number of urea groups is 1. The van der Waals surface area contributed by atoms with Gasteiger partial charge >= 0.3 is 6.03 Å². The van der Waals surface area contributed by atoms with E-state index in [0.29, 0.717) is 12.2 Å². The molecule has 1 unspecified atom stereocenters. The molecule has 2 amide bonds. The van der Waals surface area contributed by atoms with Gasteiger partial charge in [-0.3, -0.25) is 0 Å². The molecule has 1 aliphatic heterocycles. The quantitative estimate of drug-likeness (QED) is 0.843. The maximum absolute atomic E-state index is 13.2. The minimum Gasteiger partial charge on any atom is -0.358 e. The van der Waals surface area contributed by atoms with Crippen molar-refractivity contribution in [2.24, 2.45) is 0 Å². The molecule has 1 atom stereocenters. The number of benzene rings is 1. The molecule has 1 aromatic carbocycles. The zero-order valence-corrected chi connectivity index (χ0v) is 9.41. The minimum atomic E-state index is -0.333. The van der Waals surface area contributed by atoms with Crippen molar-refractivity contribution in [3.05, 3.63) is 35.6 Å². The van der Waals surface area contributed by atoms with Gasteiger partial charge in [0.15, 0.2) is 0 Å². The first kappa shape index (κ1) is 11.9. The van der Waals surface area contributed by atoms with Gasteiger partial charge < -0.3 is 15.4 Å². The highest BCUT2D eigenvalue weighted by Gasteiger charge is 2.17. The van der Waals surface area contributed by atoms with E-state index in [9.17, 15) is 9.18 Å². The second-order valence-corrected chi connectivity index (χ2v) is 3.92. The molecule has 0 radical (unpaired) electrons. The summed E-state index contributed by atoms with van der Waals surface area (Å²) in [5.41, 5.74) is 0.468. The predicted molar refractivity (Wildman–Crippen MR) is 60.7 cm³/mol. The molecule has 2 rings (SSSR count). The van der Waals surface area contributed by atoms with Crippen LogP contribution in [0.4, 0.5) is 9.18 Å². The third-order valence-corrected chi connectivity index (χ3v) is 2.62. The number of ether oxygens (including phenoxy) is 1. The average molecular weight is 238 g/mol. The Morgan fingerprint density at radius 2 is 2.29 bits per heavy atom. The van der Waals surface area contributed by atoms with E-state index in [1.807, 2.05) is 0 Å². The first-order valence-electron chi connectivity index (χ1n) is 5.65. The van der Waals surface area contributed by atoms with Crippen LogP contribution in [0.15, 0.2) is 24.3 Å². The smallest absolute Gasteiger partial charge is 0.317 e. The lowest BCUT2D eigenvalue weighted by molar-refractivity contribution is 0.0907. The Morgan fingerprint density at radius 3 is 3.00 bits per heavy atom. The molecule has 2 N–H and O–H groups in total. The van der Waals surface area contributed by atoms with E-state index in [1.54, 1.807) is 18.2 Å². The fourth-order valence-corrected chi connectivity index (χ4v) is 1.71. The number of hydrogen-bond acceptors (Lipinski definition) is 2. The molecular weight excluding hydrogens is 223 g/mol. The van der Waals surface area contributed by atoms with Crippen LogP contribution in [0.5, 0.6) is 0 Å². The second kappa shape index (κ2) is 5.63. The number of rotatable bonds is 3. The van der Waals surface area contributed by atoms with Crippen molar-refractivity contribution in [1.82, 2.24) is 10.6 Å². The maximum atomic E-state index is 13.2. The lowest BCUT2D eigenvalue weighted by Gasteiger charge is -2.12. The van der Waals surface area contributed by atoms with E-state index in [0.717, 1.165) is 12.8 Å². The molecule has 1 saturated heterocycles. The van der Waals surface area contributed by atoms with Crippen LogP contribution in [-0.4, -0.2) is 18.9 Å². The van der Waals surface area contributed by atoms with E-state index in [2.05, 4.69) is 10.6 Å². The standard InChI is InChI=1S/C12H15FN2O2/c13-10-5-2-1-4-9(10)8-14-12(16)15-11-6-3-7-17-11/h1-2,4-5,11H,3,6-8H2,(H2,14,15,16). The summed E-state index contributed by atoms with van der Waals surface area (Å²) >= 11 is 0. The van der Waals surface area contributed by atoms with Gasteiger partial charge in [-0.15, -0.1) is 0 Å². The monoisotopic (exact) mass is 238 g/mol. The van der Waals surface area contributed by atoms with E-state index >= 15 is 0 Å². The molecule has 1 heterocycles. The van der Waals surface area contributed by atoms with Gasteiger partial charge in [0.2, 0.25) is 0 Å². The van der Waals surface area contributed by atoms with Gasteiger partial charge in [0.25, 0.3) is 0 Å². The normalized spacial score (nSPS) is 19.0. The van der Waals surface area contributed by atoms with Crippen LogP contribution < -0.4 is 10.6 Å². The fourth-order valence-electron chi connectivity index (χ4n) is 1.71. The molecule has 1 fully saturated rings. The third kappa shape index (κ3) is 3.42. The zero-order chi connectivity index (χ0) is 12.1. The summed E-state index contributed by atoms with van der Waals surface area (Å²) in [4.78, 5) is 11.5. The van der Waals surface area contributed by atoms with E-state index in [1.165, 1.54) is 6.07 Å². The molecule has 5 heteroatoms. The Bertz CT molecular complexity index is 392. The Labute approximate surface area is 99.2 Å². The number of hydrogen-bond donors (Lipinski definition) is 2. The zero-order valence-electron chi connectivity index (χ0n) is 9.41. The number of carbonyl (C=O) groups excluding carboxylic acids is 1. The first-order chi connectivity index (χ1) is 8.25. The molecule has 17 heavy (non-hydrogen) atoms. The molecule has 92 valence electrons. The highest BCUT2D eigenvalue weighted by molar-refractivity contribution is 5.74. The van der Waals surface area contributed by atoms with Gasteiger partial charge in [-0.05, 0) is 18.9 Å². The van der Waals surface area contributed by atoms with Crippen LogP contribution in [0.3, 0.4) is 0 Å². The summed E-state index contributed by atoms with van der Waals surface area (Å²) < 4.78 is 18.5. The van der Waals surface area contributed by atoms with Crippen LogP contribution in [0, 0.1) is 5.82 Å². The van der Waals surface area contributed by atoms with Crippen LogP contribution >= 0.6 is 0 Å². The number of amides is 2. The molecular formula is C12H15FN2O2. The van der Waals surface area contributed by atoms with Crippen LogP contribution in [0.25, 0.3) is 0 Å². The highest BCUT2D eigenvalue weighted by Crippen LogP contribution is 2.09. The van der Waals surface area contributed by atoms with Crippen LogP contribution in [0.2, 0.25) is 0 Å². The highest BCUT2D eigenvalue weighted by atomic mass is 19.1. The number of carbonyl (C=O) groups is 1. The van der Waals surface area contributed by atoms with Crippen LogP contribution in [0.1, 0.15) is 18.4 Å². The summed E-state index contributed by atoms with van der Waals surface area (Å²) in [5, 5.41) is 5.27. The summed E-state index contributed by atoms with van der Waals surface area (Å²) in [6.45, 7) is 0.851. The molecule has 0 aliphatic carbocycles. The summed E-state index contributed by atoms with van der Waals surface area (Å²) in [5.74, 6) is -0.315. The van der Waals surface area contributed by atoms with Crippen molar-refractivity contribution in [2.75, 3.05) is 6.61 Å². The van der Waals surface area contributed by atoms with Gasteiger partial charge in [-0.2, -0.15) is 0 Å². The molecule has 0 bridgehead atoms. The van der Waals surface area contributed by atoms with Crippen molar-refractivity contribution in [3.63, 3.8) is 0 Å². The number of halogens is 1. The average Bonchev–Trinajstić information content (AvgIpc) is 2.81. The molecule has 1 aliphatic rings. The minimum absolute atomic E-state index is 0.172. The lowest BCUT2D eigenvalue weighted by atomic mass is 10.2. The van der Waals surface area contributed by atoms with Crippen molar-refractivity contribution in [2.45, 2.75) is 25.6 Å². The Hall–Kier alpha value is -1.62. The van der Waals surface area contributed by atoms with Gasteiger partial charge in [0.05, 0.1) is 0 Å². The summed E-state index contributed by atoms with van der Waals surface area (Å²) in [7, 11) is 0. The van der Waals surface area contributed by atoms with Crippen molar-refractivity contribution < 1.29 is 13.9 Å². The Kier molecular flexibility index (Phi) is 3.93.